The van der Waals surface area contributed by atoms with E-state index in [2.05, 4.69) is 5.32 Å². The van der Waals surface area contributed by atoms with E-state index < -0.39 is 15.9 Å². The van der Waals surface area contributed by atoms with Crippen LogP contribution < -0.4 is 5.32 Å². The van der Waals surface area contributed by atoms with Crippen LogP contribution in [-0.4, -0.2) is 38.0 Å². The number of hydrogen-bond acceptors (Lipinski definition) is 4. The second kappa shape index (κ2) is 7.58. The van der Waals surface area contributed by atoms with Gasteiger partial charge in [-0.1, -0.05) is 29.8 Å². The fourth-order valence-electron chi connectivity index (χ4n) is 2.19. The Balaban J connectivity index is 2.08. The van der Waals surface area contributed by atoms with Crippen LogP contribution in [0.3, 0.4) is 0 Å². The van der Waals surface area contributed by atoms with Gasteiger partial charge in [-0.3, -0.25) is 9.59 Å². The van der Waals surface area contributed by atoms with Gasteiger partial charge in [-0.15, -0.1) is 0 Å². The normalized spacial score (nSPS) is 11.4. The molecule has 132 valence electrons. The summed E-state index contributed by atoms with van der Waals surface area (Å²) in [5.74, 6) is -0.603. The van der Waals surface area contributed by atoms with Gasteiger partial charge < -0.3 is 5.32 Å². The number of benzene rings is 2. The molecule has 0 heterocycles. The van der Waals surface area contributed by atoms with E-state index in [4.69, 9.17) is 0 Å². The molecule has 6 nitrogen and oxygen atoms in total. The summed E-state index contributed by atoms with van der Waals surface area (Å²) in [4.78, 5) is 23.6. The molecule has 1 N–H and O–H groups in total. The summed E-state index contributed by atoms with van der Waals surface area (Å²) < 4.78 is 25.9. The first-order valence-corrected chi connectivity index (χ1v) is 9.08. The molecule has 0 radical (unpaired) electrons. The summed E-state index contributed by atoms with van der Waals surface area (Å²) in [6, 6.07) is 12.9. The van der Waals surface area contributed by atoms with E-state index in [1.54, 1.807) is 36.4 Å². The Morgan fingerprint density at radius 2 is 1.72 bits per heavy atom. The number of carbonyl (C=O) groups is 2. The smallest absolute Gasteiger partial charge is 0.243 e. The molecule has 0 aliphatic heterocycles. The maximum Gasteiger partial charge on any atom is 0.243 e. The van der Waals surface area contributed by atoms with Crippen molar-refractivity contribution in [1.82, 2.24) is 4.31 Å². The number of carbonyl (C=O) groups excluding carboxylic acids is 2. The van der Waals surface area contributed by atoms with E-state index >= 15 is 0 Å². The predicted molar refractivity (Wildman–Crippen MR) is 96.1 cm³/mol. The second-order valence-electron chi connectivity index (χ2n) is 5.76. The maximum atomic E-state index is 12.5. The van der Waals surface area contributed by atoms with Crippen LogP contribution in [0, 0.1) is 6.92 Å². The van der Waals surface area contributed by atoms with Gasteiger partial charge in [0.2, 0.25) is 15.9 Å². The van der Waals surface area contributed by atoms with Gasteiger partial charge in [0.1, 0.15) is 0 Å². The molecule has 2 aromatic rings. The van der Waals surface area contributed by atoms with Crippen LogP contribution in [-0.2, 0) is 14.8 Å². The highest BCUT2D eigenvalue weighted by molar-refractivity contribution is 7.89. The number of ketones is 1. The van der Waals surface area contributed by atoms with Crippen molar-refractivity contribution in [3.8, 4) is 0 Å². The number of nitrogens with zero attached hydrogens (tertiary/aromatic N) is 1. The molecule has 0 spiro atoms. The topological polar surface area (TPSA) is 83.6 Å². The summed E-state index contributed by atoms with van der Waals surface area (Å²) in [5, 5.41) is 2.60. The van der Waals surface area contributed by atoms with Crippen molar-refractivity contribution in [3.05, 3.63) is 59.7 Å². The van der Waals surface area contributed by atoms with Crippen molar-refractivity contribution in [2.75, 3.05) is 18.9 Å². The molecule has 0 bridgehead atoms. The monoisotopic (exact) mass is 360 g/mol. The van der Waals surface area contributed by atoms with Gasteiger partial charge in [0.25, 0.3) is 0 Å². The number of rotatable bonds is 6. The fraction of sp³-hybridized carbons (Fsp3) is 0.222. The molecule has 2 aromatic carbocycles. The number of hydrogen-bond donors (Lipinski definition) is 1. The SMILES string of the molecule is CC(=O)c1cccc(NC(=O)CN(C)S(=O)(=O)c2ccc(C)cc2)c1. The molecule has 0 fully saturated rings. The lowest BCUT2D eigenvalue weighted by molar-refractivity contribution is -0.116. The number of anilines is 1. The fourth-order valence-corrected chi connectivity index (χ4v) is 3.32. The molecule has 0 atom stereocenters. The van der Waals surface area contributed by atoms with E-state index in [9.17, 15) is 18.0 Å². The molecule has 7 heteroatoms. The molecule has 0 aliphatic rings. The Morgan fingerprint density at radius 3 is 2.32 bits per heavy atom. The zero-order chi connectivity index (χ0) is 18.6. The van der Waals surface area contributed by atoms with Crippen molar-refractivity contribution in [1.29, 1.82) is 0 Å². The minimum Gasteiger partial charge on any atom is -0.325 e. The predicted octanol–water partition coefficient (Wildman–Crippen LogP) is 2.46. The standard InChI is InChI=1S/C18H20N2O4S/c1-13-7-9-17(10-8-13)25(23,24)20(3)12-18(22)19-16-6-4-5-15(11-16)14(2)21/h4-11H,12H2,1-3H3,(H,19,22). The van der Waals surface area contributed by atoms with Gasteiger partial charge >= 0.3 is 0 Å². The van der Waals surface area contributed by atoms with Crippen LogP contribution in [0.1, 0.15) is 22.8 Å². The summed E-state index contributed by atoms with van der Waals surface area (Å²) in [6.07, 6.45) is 0. The molecular weight excluding hydrogens is 340 g/mol. The molecule has 25 heavy (non-hydrogen) atoms. The Kier molecular flexibility index (Phi) is 5.71. The van der Waals surface area contributed by atoms with Crippen molar-refractivity contribution in [2.45, 2.75) is 18.7 Å². The molecular formula is C18H20N2O4S. The summed E-state index contributed by atoms with van der Waals surface area (Å²) >= 11 is 0. The van der Waals surface area contributed by atoms with E-state index in [0.29, 0.717) is 11.3 Å². The lowest BCUT2D eigenvalue weighted by Gasteiger charge is -2.17. The van der Waals surface area contributed by atoms with Gasteiger partial charge in [0.15, 0.2) is 5.78 Å². The zero-order valence-corrected chi connectivity index (χ0v) is 15.1. The molecule has 0 saturated heterocycles. The minimum atomic E-state index is -3.75. The number of likely N-dealkylation sites (N-methyl/N-ethyl adjacent to an activating group) is 1. The number of nitrogens with one attached hydrogen (secondary N) is 1. The molecule has 0 aliphatic carbocycles. The minimum absolute atomic E-state index is 0.116. The third-order valence-corrected chi connectivity index (χ3v) is 5.47. The Labute approximate surface area is 147 Å². The van der Waals surface area contributed by atoms with Crippen molar-refractivity contribution < 1.29 is 18.0 Å². The van der Waals surface area contributed by atoms with Gasteiger partial charge in [0.05, 0.1) is 11.4 Å². The van der Waals surface area contributed by atoms with E-state index in [1.165, 1.54) is 26.1 Å². The Morgan fingerprint density at radius 1 is 1.08 bits per heavy atom. The lowest BCUT2D eigenvalue weighted by Crippen LogP contribution is -2.35. The van der Waals surface area contributed by atoms with Crippen LogP contribution in [0.15, 0.2) is 53.4 Å². The molecule has 0 aromatic heterocycles. The van der Waals surface area contributed by atoms with E-state index in [0.717, 1.165) is 9.87 Å². The van der Waals surface area contributed by atoms with Gasteiger partial charge in [-0.25, -0.2) is 8.42 Å². The summed E-state index contributed by atoms with van der Waals surface area (Å²) in [7, 11) is -2.40. The first-order chi connectivity index (χ1) is 11.7. The quantitative estimate of drug-likeness (QED) is 0.802. The van der Waals surface area contributed by atoms with Crippen LogP contribution in [0.4, 0.5) is 5.69 Å². The average Bonchev–Trinajstić information content (AvgIpc) is 2.55. The lowest BCUT2D eigenvalue weighted by atomic mass is 10.1. The summed E-state index contributed by atoms with van der Waals surface area (Å²) in [6.45, 7) is 2.96. The zero-order valence-electron chi connectivity index (χ0n) is 14.3. The van der Waals surface area contributed by atoms with Crippen molar-refractivity contribution >= 4 is 27.4 Å². The second-order valence-corrected chi connectivity index (χ2v) is 7.80. The summed E-state index contributed by atoms with van der Waals surface area (Å²) in [5.41, 5.74) is 1.86. The Hall–Kier alpha value is -2.51. The molecule has 1 amide bonds. The number of sulfonamides is 1. The van der Waals surface area contributed by atoms with Gasteiger partial charge in [-0.2, -0.15) is 4.31 Å². The average molecular weight is 360 g/mol. The van der Waals surface area contributed by atoms with Crippen molar-refractivity contribution in [3.63, 3.8) is 0 Å². The number of amides is 1. The van der Waals surface area contributed by atoms with Crippen LogP contribution in [0.2, 0.25) is 0 Å². The molecule has 0 saturated carbocycles. The third-order valence-electron chi connectivity index (χ3n) is 3.65. The van der Waals surface area contributed by atoms with E-state index in [1.807, 2.05) is 6.92 Å². The first kappa shape index (κ1) is 18.8. The Bertz CT molecular complexity index is 890. The molecule has 2 rings (SSSR count). The molecule has 0 unspecified atom stereocenters. The third kappa shape index (κ3) is 4.74. The highest BCUT2D eigenvalue weighted by Gasteiger charge is 2.22. The highest BCUT2D eigenvalue weighted by atomic mass is 32.2. The van der Waals surface area contributed by atoms with Crippen LogP contribution in [0.5, 0.6) is 0 Å². The van der Waals surface area contributed by atoms with Crippen molar-refractivity contribution in [2.24, 2.45) is 0 Å². The highest BCUT2D eigenvalue weighted by Crippen LogP contribution is 2.15. The number of aryl methyl sites for hydroxylation is 1. The largest absolute Gasteiger partial charge is 0.325 e. The number of Topliss-reactive ketones (excluding diaryl/α,β-unsaturated/α-hetero) is 1. The van der Waals surface area contributed by atoms with E-state index in [-0.39, 0.29) is 17.2 Å². The van der Waals surface area contributed by atoms with Gasteiger partial charge in [-0.05, 0) is 38.1 Å². The van der Waals surface area contributed by atoms with Crippen LogP contribution >= 0.6 is 0 Å². The maximum absolute atomic E-state index is 12.5. The first-order valence-electron chi connectivity index (χ1n) is 7.64. The van der Waals surface area contributed by atoms with Crippen LogP contribution in [0.25, 0.3) is 0 Å². The van der Waals surface area contributed by atoms with Gasteiger partial charge in [0, 0.05) is 18.3 Å².